The minimum atomic E-state index is -0.551. The smallest absolute Gasteiger partial charge is 0.296 e. The van der Waals surface area contributed by atoms with E-state index in [1.807, 2.05) is 6.07 Å². The van der Waals surface area contributed by atoms with Crippen molar-refractivity contribution in [1.82, 2.24) is 15.2 Å². The SMILES string of the molecule is Nc1nc2c(s1)CC(CCCNCCN1CCN(c3ccc(-c4ccc5c(c4)C(=O)C(=O)N5)cc3)CC1)CC2. The summed E-state index contributed by atoms with van der Waals surface area (Å²) in [6, 6.07) is 14.1. The van der Waals surface area contributed by atoms with Gasteiger partial charge in [0.05, 0.1) is 16.9 Å². The second-order valence-corrected chi connectivity index (χ2v) is 12.0. The summed E-state index contributed by atoms with van der Waals surface area (Å²) in [5.41, 5.74) is 11.4. The molecule has 1 atom stereocenters. The van der Waals surface area contributed by atoms with E-state index in [4.69, 9.17) is 5.73 Å². The number of aromatic nitrogens is 1. The molecule has 4 N–H and O–H groups in total. The van der Waals surface area contributed by atoms with Gasteiger partial charge in [0.2, 0.25) is 0 Å². The van der Waals surface area contributed by atoms with Crippen molar-refractivity contribution in [2.75, 3.05) is 61.8 Å². The van der Waals surface area contributed by atoms with E-state index in [1.54, 1.807) is 23.5 Å². The van der Waals surface area contributed by atoms with Gasteiger partial charge in [-0.1, -0.05) is 18.2 Å². The number of ketones is 1. The van der Waals surface area contributed by atoms with Gasteiger partial charge in [-0.05, 0) is 80.0 Å². The van der Waals surface area contributed by atoms with Crippen LogP contribution in [0.2, 0.25) is 0 Å². The number of Topliss-reactive ketones (excluding diaryl/α,β-unsaturated/α-hetero) is 1. The van der Waals surface area contributed by atoms with E-state index in [-0.39, 0.29) is 0 Å². The minimum Gasteiger partial charge on any atom is -0.375 e. The molecule has 0 bridgehead atoms. The summed E-state index contributed by atoms with van der Waals surface area (Å²) in [7, 11) is 0. The van der Waals surface area contributed by atoms with Crippen molar-refractivity contribution < 1.29 is 9.59 Å². The van der Waals surface area contributed by atoms with Crippen LogP contribution in [0.4, 0.5) is 16.5 Å². The highest BCUT2D eigenvalue weighted by atomic mass is 32.1. The molecule has 39 heavy (non-hydrogen) atoms. The fraction of sp³-hybridized carbons (Fsp3) is 0.433. The number of anilines is 3. The average Bonchev–Trinajstić information content (AvgIpc) is 3.47. The van der Waals surface area contributed by atoms with Gasteiger partial charge >= 0.3 is 0 Å². The third-order valence-electron chi connectivity index (χ3n) is 8.29. The first-order valence-electron chi connectivity index (χ1n) is 14.1. The summed E-state index contributed by atoms with van der Waals surface area (Å²) in [5, 5.41) is 6.99. The molecule has 1 aliphatic carbocycles. The lowest BCUT2D eigenvalue weighted by Crippen LogP contribution is -2.48. The maximum Gasteiger partial charge on any atom is 0.296 e. The first-order valence-corrected chi connectivity index (χ1v) is 14.9. The number of thiazole rings is 1. The lowest BCUT2D eigenvalue weighted by atomic mass is 9.88. The topological polar surface area (TPSA) is 104 Å². The van der Waals surface area contributed by atoms with E-state index >= 15 is 0 Å². The largest absolute Gasteiger partial charge is 0.375 e. The third kappa shape index (κ3) is 5.85. The van der Waals surface area contributed by atoms with Gasteiger partial charge in [0.25, 0.3) is 11.7 Å². The molecule has 1 aromatic heterocycles. The number of nitrogens with zero attached hydrogens (tertiary/aromatic N) is 3. The molecule has 3 aromatic rings. The predicted molar refractivity (Wildman–Crippen MR) is 158 cm³/mol. The number of amides is 1. The Hall–Kier alpha value is -3.27. The number of hydrogen-bond donors (Lipinski definition) is 3. The molecule has 0 radical (unpaired) electrons. The molecular weight excluding hydrogens is 508 g/mol. The quantitative estimate of drug-likeness (QED) is 0.278. The van der Waals surface area contributed by atoms with E-state index < -0.39 is 11.7 Å². The van der Waals surface area contributed by atoms with Crippen molar-refractivity contribution in [1.29, 1.82) is 0 Å². The van der Waals surface area contributed by atoms with Crippen molar-refractivity contribution in [2.45, 2.75) is 32.1 Å². The molecular formula is C30H36N6O2S. The highest BCUT2D eigenvalue weighted by Crippen LogP contribution is 2.33. The van der Waals surface area contributed by atoms with Crippen LogP contribution in [0.5, 0.6) is 0 Å². The van der Waals surface area contributed by atoms with Gasteiger partial charge in [-0.15, -0.1) is 11.3 Å². The molecule has 8 nitrogen and oxygen atoms in total. The van der Waals surface area contributed by atoms with Crippen LogP contribution in [0.1, 0.15) is 40.2 Å². The van der Waals surface area contributed by atoms with Crippen molar-refractivity contribution in [3.8, 4) is 11.1 Å². The maximum absolute atomic E-state index is 12.0. The number of carbonyl (C=O) groups is 2. The molecule has 6 rings (SSSR count). The van der Waals surface area contributed by atoms with Gasteiger partial charge < -0.3 is 21.3 Å². The first-order chi connectivity index (χ1) is 19.0. The highest BCUT2D eigenvalue weighted by molar-refractivity contribution is 7.15. The van der Waals surface area contributed by atoms with Crippen molar-refractivity contribution in [2.24, 2.45) is 5.92 Å². The third-order valence-corrected chi connectivity index (χ3v) is 9.23. The maximum atomic E-state index is 12.0. The Bertz CT molecular complexity index is 1350. The van der Waals surface area contributed by atoms with E-state index in [0.29, 0.717) is 11.3 Å². The van der Waals surface area contributed by atoms with Gasteiger partial charge in [-0.2, -0.15) is 0 Å². The summed E-state index contributed by atoms with van der Waals surface area (Å²) in [5.74, 6) is -0.232. The molecule has 3 aliphatic rings. The van der Waals surface area contributed by atoms with Gasteiger partial charge in [-0.25, -0.2) is 4.98 Å². The van der Waals surface area contributed by atoms with Crippen molar-refractivity contribution >= 4 is 39.5 Å². The number of benzene rings is 2. The highest BCUT2D eigenvalue weighted by Gasteiger charge is 2.28. The van der Waals surface area contributed by atoms with Crippen LogP contribution < -0.4 is 21.3 Å². The summed E-state index contributed by atoms with van der Waals surface area (Å²) < 4.78 is 0. The van der Waals surface area contributed by atoms with Crippen LogP contribution >= 0.6 is 11.3 Å². The number of piperazine rings is 1. The van der Waals surface area contributed by atoms with Crippen molar-refractivity contribution in [3.63, 3.8) is 0 Å². The molecule has 2 aromatic carbocycles. The Labute approximate surface area is 233 Å². The lowest BCUT2D eigenvalue weighted by molar-refractivity contribution is -0.112. The Morgan fingerprint density at radius 1 is 1.03 bits per heavy atom. The van der Waals surface area contributed by atoms with Gasteiger partial charge in [0, 0.05) is 49.8 Å². The Morgan fingerprint density at radius 2 is 1.82 bits per heavy atom. The molecule has 3 heterocycles. The predicted octanol–water partition coefficient (Wildman–Crippen LogP) is 3.82. The van der Waals surface area contributed by atoms with Crippen molar-refractivity contribution in [3.05, 3.63) is 58.6 Å². The van der Waals surface area contributed by atoms with Gasteiger partial charge in [0.1, 0.15) is 0 Å². The number of nitrogen functional groups attached to an aromatic ring is 1. The number of rotatable bonds is 9. The number of carbonyl (C=O) groups excluding carboxylic acids is 2. The van der Waals surface area contributed by atoms with Crippen LogP contribution in [-0.2, 0) is 17.6 Å². The fourth-order valence-electron chi connectivity index (χ4n) is 6.00. The summed E-state index contributed by atoms with van der Waals surface area (Å²) in [6.07, 6.45) is 6.01. The Balaban J connectivity index is 0.892. The number of nitrogens with one attached hydrogen (secondary N) is 2. The fourth-order valence-corrected chi connectivity index (χ4v) is 7.00. The average molecular weight is 545 g/mol. The number of hydrogen-bond acceptors (Lipinski definition) is 8. The van der Waals surface area contributed by atoms with E-state index in [1.165, 1.54) is 35.5 Å². The van der Waals surface area contributed by atoms with E-state index in [0.717, 1.165) is 80.8 Å². The number of fused-ring (bicyclic) bond motifs is 2. The summed E-state index contributed by atoms with van der Waals surface area (Å²) >= 11 is 1.68. The molecule has 1 fully saturated rings. The van der Waals surface area contributed by atoms with Gasteiger partial charge in [-0.3, -0.25) is 14.5 Å². The Morgan fingerprint density at radius 3 is 2.64 bits per heavy atom. The summed E-state index contributed by atoms with van der Waals surface area (Å²) in [6.45, 7) is 7.40. The summed E-state index contributed by atoms with van der Waals surface area (Å²) in [4.78, 5) is 34.5. The van der Waals surface area contributed by atoms with E-state index in [2.05, 4.69) is 49.7 Å². The van der Waals surface area contributed by atoms with Crippen LogP contribution in [0.25, 0.3) is 11.1 Å². The second-order valence-electron chi connectivity index (χ2n) is 10.8. The molecule has 0 spiro atoms. The first kappa shape index (κ1) is 26.0. The Kier molecular flexibility index (Phi) is 7.63. The van der Waals surface area contributed by atoms with Crippen LogP contribution in [0.3, 0.4) is 0 Å². The molecule has 2 aliphatic heterocycles. The lowest BCUT2D eigenvalue weighted by Gasteiger charge is -2.36. The number of nitrogens with two attached hydrogens (primary N) is 1. The standard InChI is InChI=1S/C30H36N6O2S/c31-30-34-26-9-3-20(18-27(26)39-30)2-1-11-32-12-13-35-14-16-36(17-15-35)23-7-4-21(5-8-23)22-6-10-25-24(19-22)28(37)29(38)33-25/h4-8,10,19-20,32H,1-3,9,11-18H2,(H2,31,34)(H,33,37,38). The van der Waals surface area contributed by atoms with Crippen LogP contribution in [-0.4, -0.2) is 67.4 Å². The van der Waals surface area contributed by atoms with Crippen LogP contribution in [0.15, 0.2) is 42.5 Å². The molecule has 0 saturated carbocycles. The zero-order valence-corrected chi connectivity index (χ0v) is 23.1. The molecule has 9 heteroatoms. The second kappa shape index (κ2) is 11.5. The van der Waals surface area contributed by atoms with Gasteiger partial charge in [0.15, 0.2) is 5.13 Å². The molecule has 1 amide bonds. The van der Waals surface area contributed by atoms with Crippen LogP contribution in [0, 0.1) is 5.92 Å². The number of aryl methyl sites for hydroxylation is 1. The monoisotopic (exact) mass is 544 g/mol. The molecule has 1 saturated heterocycles. The normalized spacial score (nSPS) is 19.2. The van der Waals surface area contributed by atoms with E-state index in [9.17, 15) is 9.59 Å². The molecule has 204 valence electrons. The molecule has 1 unspecified atom stereocenters. The zero-order chi connectivity index (χ0) is 26.8. The zero-order valence-electron chi connectivity index (χ0n) is 22.2. The minimum absolute atomic E-state index is 0.456.